The molecule has 1 saturated heterocycles. The van der Waals surface area contributed by atoms with Crippen LogP contribution in [0, 0.1) is 0 Å². The second kappa shape index (κ2) is 10.9. The summed E-state index contributed by atoms with van der Waals surface area (Å²) in [4.78, 5) is 14.3. The van der Waals surface area contributed by atoms with Crippen LogP contribution in [0.4, 0.5) is 24.5 Å². The van der Waals surface area contributed by atoms with Gasteiger partial charge in [0.15, 0.2) is 5.11 Å². The predicted molar refractivity (Wildman–Crippen MR) is 140 cm³/mol. The van der Waals surface area contributed by atoms with Crippen molar-refractivity contribution < 1.29 is 22.4 Å². The zero-order valence-corrected chi connectivity index (χ0v) is 21.0. The predicted octanol–water partition coefficient (Wildman–Crippen LogP) is 7.40. The van der Waals surface area contributed by atoms with E-state index in [0.29, 0.717) is 32.8 Å². The first-order chi connectivity index (χ1) is 17.1. The first-order valence-corrected chi connectivity index (χ1v) is 12.1. The zero-order valence-electron chi connectivity index (χ0n) is 18.7. The molecule has 1 amide bonds. The molecule has 3 aromatic rings. The Hall–Kier alpha value is -3.01. The molecule has 1 aromatic heterocycles. The molecule has 2 heterocycles. The number of rotatable bonds is 5. The van der Waals surface area contributed by atoms with Crippen LogP contribution in [0.25, 0.3) is 17.4 Å². The maximum Gasteiger partial charge on any atom is 0.416 e. The maximum absolute atomic E-state index is 13.3. The Morgan fingerprint density at radius 1 is 1.06 bits per heavy atom. The summed E-state index contributed by atoms with van der Waals surface area (Å²) < 4.78 is 45.5. The third-order valence-corrected chi connectivity index (χ3v) is 6.23. The van der Waals surface area contributed by atoms with Crippen molar-refractivity contribution in [2.45, 2.75) is 19.0 Å². The third-order valence-electron chi connectivity index (χ3n) is 5.48. The molecule has 2 aromatic carbocycles. The minimum atomic E-state index is -4.51. The lowest BCUT2D eigenvalue weighted by Gasteiger charge is -2.23. The molecule has 0 bridgehead atoms. The van der Waals surface area contributed by atoms with Crippen LogP contribution < -0.4 is 15.5 Å². The van der Waals surface area contributed by atoms with E-state index in [9.17, 15) is 18.0 Å². The smallest absolute Gasteiger partial charge is 0.416 e. The number of thiocarbonyl (C=S) groups is 1. The third kappa shape index (κ3) is 6.40. The summed E-state index contributed by atoms with van der Waals surface area (Å²) in [6.45, 7) is 1.46. The highest BCUT2D eigenvalue weighted by molar-refractivity contribution is 7.80. The van der Waals surface area contributed by atoms with Crippen molar-refractivity contribution in [2.75, 3.05) is 23.3 Å². The van der Waals surface area contributed by atoms with E-state index in [-0.39, 0.29) is 10.8 Å². The van der Waals surface area contributed by atoms with Gasteiger partial charge in [-0.2, -0.15) is 13.2 Å². The zero-order chi connectivity index (χ0) is 25.9. The Morgan fingerprint density at radius 3 is 2.50 bits per heavy atom. The quantitative estimate of drug-likeness (QED) is 0.254. The summed E-state index contributed by atoms with van der Waals surface area (Å²) in [6.07, 6.45) is 0.0286. The van der Waals surface area contributed by atoms with E-state index in [2.05, 4.69) is 10.6 Å². The number of hydrogen-bond donors (Lipinski definition) is 2. The fraction of sp³-hybridized carbons (Fsp3) is 0.200. The van der Waals surface area contributed by atoms with Gasteiger partial charge in [-0.25, -0.2) is 0 Å². The first kappa shape index (κ1) is 26.1. The van der Waals surface area contributed by atoms with Crippen molar-refractivity contribution in [1.29, 1.82) is 0 Å². The van der Waals surface area contributed by atoms with Crippen LogP contribution in [0.3, 0.4) is 0 Å². The van der Waals surface area contributed by atoms with Gasteiger partial charge < -0.3 is 14.6 Å². The molecule has 5 nitrogen and oxygen atoms in total. The molecule has 0 atom stereocenters. The van der Waals surface area contributed by atoms with Gasteiger partial charge in [-0.15, -0.1) is 0 Å². The van der Waals surface area contributed by atoms with Crippen LogP contribution in [0.5, 0.6) is 0 Å². The van der Waals surface area contributed by atoms with Gasteiger partial charge in [-0.05, 0) is 79.7 Å². The van der Waals surface area contributed by atoms with Crippen LogP contribution >= 0.6 is 35.4 Å². The number of hydrogen-bond acceptors (Lipinski definition) is 4. The van der Waals surface area contributed by atoms with Gasteiger partial charge in [0, 0.05) is 29.8 Å². The van der Waals surface area contributed by atoms with E-state index in [1.54, 1.807) is 30.3 Å². The molecule has 0 aliphatic carbocycles. The van der Waals surface area contributed by atoms with Gasteiger partial charge in [-0.1, -0.05) is 23.2 Å². The summed E-state index contributed by atoms with van der Waals surface area (Å²) in [6, 6.07) is 11.8. The number of nitrogens with one attached hydrogen (secondary N) is 2. The van der Waals surface area contributed by atoms with E-state index in [1.165, 1.54) is 18.2 Å². The lowest BCUT2D eigenvalue weighted by Crippen LogP contribution is -2.33. The molecule has 2 N–H and O–H groups in total. The maximum atomic E-state index is 13.3. The minimum Gasteiger partial charge on any atom is -0.457 e. The first-order valence-electron chi connectivity index (χ1n) is 10.9. The summed E-state index contributed by atoms with van der Waals surface area (Å²) in [5.74, 6) is 0.303. The fourth-order valence-corrected chi connectivity index (χ4v) is 4.50. The van der Waals surface area contributed by atoms with Crippen molar-refractivity contribution in [3.63, 3.8) is 0 Å². The molecule has 0 spiro atoms. The molecule has 1 aliphatic heterocycles. The van der Waals surface area contributed by atoms with Crippen molar-refractivity contribution in [1.82, 2.24) is 5.32 Å². The van der Waals surface area contributed by atoms with Gasteiger partial charge in [0.25, 0.3) is 0 Å². The molecule has 1 aliphatic rings. The van der Waals surface area contributed by atoms with Crippen molar-refractivity contribution in [2.24, 2.45) is 0 Å². The van der Waals surface area contributed by atoms with Crippen molar-refractivity contribution in [3.8, 4) is 11.3 Å². The summed E-state index contributed by atoms with van der Waals surface area (Å²) >= 11 is 17.3. The Labute approximate surface area is 220 Å². The monoisotopic (exact) mass is 553 g/mol. The summed E-state index contributed by atoms with van der Waals surface area (Å²) in [7, 11) is 0. The number of carbonyl (C=O) groups is 1. The van der Waals surface area contributed by atoms with Crippen molar-refractivity contribution >= 4 is 63.9 Å². The molecule has 0 radical (unpaired) electrons. The normalized spacial score (nSPS) is 13.9. The SMILES string of the molecule is O=C(/C=C/c1ccc(-c2ccc(Cl)cc2Cl)o1)NC(=S)Nc1cc(C(F)(F)F)ccc1N1CCCC1. The number of nitrogens with zero attached hydrogens (tertiary/aromatic N) is 1. The summed E-state index contributed by atoms with van der Waals surface area (Å²) in [5, 5.41) is 5.97. The lowest BCUT2D eigenvalue weighted by molar-refractivity contribution is -0.137. The average molecular weight is 554 g/mol. The number of anilines is 2. The topological polar surface area (TPSA) is 57.5 Å². The highest BCUT2D eigenvalue weighted by atomic mass is 35.5. The van der Waals surface area contributed by atoms with Crippen molar-refractivity contribution in [3.05, 3.63) is 76.0 Å². The highest BCUT2D eigenvalue weighted by Crippen LogP contribution is 2.36. The largest absolute Gasteiger partial charge is 0.457 e. The van der Waals surface area contributed by atoms with Crippen LogP contribution in [-0.4, -0.2) is 24.1 Å². The number of benzene rings is 2. The lowest BCUT2D eigenvalue weighted by atomic mass is 10.1. The van der Waals surface area contributed by atoms with Crippen LogP contribution in [0.15, 0.2) is 59.0 Å². The molecule has 11 heteroatoms. The average Bonchev–Trinajstić information content (AvgIpc) is 3.49. The minimum absolute atomic E-state index is 0.127. The van der Waals surface area contributed by atoms with E-state index >= 15 is 0 Å². The van der Waals surface area contributed by atoms with E-state index in [1.807, 2.05) is 4.90 Å². The van der Waals surface area contributed by atoms with Gasteiger partial charge in [0.1, 0.15) is 11.5 Å². The molecule has 0 saturated carbocycles. The van der Waals surface area contributed by atoms with Gasteiger partial charge in [0.05, 0.1) is 22.0 Å². The van der Waals surface area contributed by atoms with Crippen LogP contribution in [-0.2, 0) is 11.0 Å². The van der Waals surface area contributed by atoms with E-state index < -0.39 is 17.6 Å². The highest BCUT2D eigenvalue weighted by Gasteiger charge is 2.32. The van der Waals surface area contributed by atoms with E-state index in [4.69, 9.17) is 39.8 Å². The number of carbonyl (C=O) groups excluding carboxylic acids is 1. The molecule has 4 rings (SSSR count). The number of amides is 1. The number of halogens is 5. The standard InChI is InChI=1S/C25H20Cl2F3N3O2S/c26-16-4-7-18(19(27)14-16)22-9-5-17(35-22)6-10-23(34)32-24(36)31-20-13-15(25(28,29)30)3-8-21(20)33-11-1-2-12-33/h3-10,13-14H,1-2,11-12H2,(H2,31,32,34,36)/b10-6+. The molecule has 188 valence electrons. The second-order valence-electron chi connectivity index (χ2n) is 8.03. The molecule has 36 heavy (non-hydrogen) atoms. The van der Waals surface area contributed by atoms with Gasteiger partial charge in [0.2, 0.25) is 5.91 Å². The Bertz CT molecular complexity index is 1320. The fourth-order valence-electron chi connectivity index (χ4n) is 3.79. The molecule has 0 unspecified atom stereocenters. The molecular weight excluding hydrogens is 534 g/mol. The van der Waals surface area contributed by atoms with E-state index in [0.717, 1.165) is 38.1 Å². The number of furan rings is 1. The Kier molecular flexibility index (Phi) is 7.92. The Morgan fingerprint density at radius 2 is 1.81 bits per heavy atom. The van der Waals surface area contributed by atoms with Crippen LogP contribution in [0.1, 0.15) is 24.2 Å². The van der Waals surface area contributed by atoms with Gasteiger partial charge >= 0.3 is 6.18 Å². The second-order valence-corrected chi connectivity index (χ2v) is 9.28. The molecular formula is C25H20Cl2F3N3O2S. The van der Waals surface area contributed by atoms with Crippen LogP contribution in [0.2, 0.25) is 10.0 Å². The molecule has 1 fully saturated rings. The van der Waals surface area contributed by atoms with Gasteiger partial charge in [-0.3, -0.25) is 10.1 Å². The number of alkyl halides is 3. The summed E-state index contributed by atoms with van der Waals surface area (Å²) in [5.41, 5.74) is 0.606. The Balaban J connectivity index is 1.42.